The maximum absolute atomic E-state index is 12.6. The summed E-state index contributed by atoms with van der Waals surface area (Å²) in [6, 6.07) is 8.22. The van der Waals surface area contributed by atoms with Gasteiger partial charge in [0.2, 0.25) is 3.79 Å². The molecule has 25 heavy (non-hydrogen) atoms. The Kier molecular flexibility index (Phi) is 6.09. The summed E-state index contributed by atoms with van der Waals surface area (Å²) in [6.07, 6.45) is -1.78. The summed E-state index contributed by atoms with van der Waals surface area (Å²) in [5.41, 5.74) is -0.446. The van der Waals surface area contributed by atoms with Crippen molar-refractivity contribution in [3.63, 3.8) is 0 Å². The molecule has 138 valence electrons. The molecule has 1 aliphatic rings. The van der Waals surface area contributed by atoms with Crippen LogP contribution in [0.25, 0.3) is 0 Å². The Hall–Kier alpha value is -1.21. The van der Waals surface area contributed by atoms with Crippen LogP contribution in [-0.2, 0) is 19.0 Å². The Morgan fingerprint density at radius 1 is 1.24 bits per heavy atom. The van der Waals surface area contributed by atoms with Crippen molar-refractivity contribution in [3.8, 4) is 0 Å². The van der Waals surface area contributed by atoms with Crippen LogP contribution in [0.15, 0.2) is 30.3 Å². The van der Waals surface area contributed by atoms with E-state index in [4.69, 9.17) is 49.0 Å². The van der Waals surface area contributed by atoms with Gasteiger partial charge < -0.3 is 14.2 Å². The zero-order valence-electron chi connectivity index (χ0n) is 13.9. The van der Waals surface area contributed by atoms with E-state index in [9.17, 15) is 9.59 Å². The number of alkyl halides is 3. The highest BCUT2D eigenvalue weighted by Crippen LogP contribution is 2.42. The van der Waals surface area contributed by atoms with E-state index in [0.717, 1.165) is 0 Å². The fourth-order valence-corrected chi connectivity index (χ4v) is 2.88. The van der Waals surface area contributed by atoms with E-state index in [1.54, 1.807) is 38.1 Å². The number of nitrogens with zero attached hydrogens (tertiary/aromatic N) is 1. The van der Waals surface area contributed by atoms with Gasteiger partial charge in [-0.3, -0.25) is 4.90 Å². The van der Waals surface area contributed by atoms with Crippen LogP contribution in [-0.4, -0.2) is 46.3 Å². The molecule has 2 atom stereocenters. The molecule has 0 aromatic heterocycles. The number of hydrogen-bond donors (Lipinski definition) is 0. The molecule has 2 rings (SSSR count). The third-order valence-corrected chi connectivity index (χ3v) is 4.02. The van der Waals surface area contributed by atoms with Crippen molar-refractivity contribution in [2.45, 2.75) is 35.5 Å². The van der Waals surface area contributed by atoms with E-state index < -0.39 is 40.3 Å². The average molecular weight is 411 g/mol. The van der Waals surface area contributed by atoms with Gasteiger partial charge in [0.05, 0.1) is 7.11 Å². The maximum Gasteiger partial charge on any atom is 0.412 e. The number of hydrogen-bond acceptors (Lipinski definition) is 5. The van der Waals surface area contributed by atoms with E-state index in [-0.39, 0.29) is 0 Å². The van der Waals surface area contributed by atoms with Gasteiger partial charge in [-0.15, -0.1) is 0 Å². The minimum Gasteiger partial charge on any atom is -0.467 e. The first-order chi connectivity index (χ1) is 11.6. The fraction of sp³-hybridized carbons (Fsp3) is 0.500. The van der Waals surface area contributed by atoms with Gasteiger partial charge >= 0.3 is 12.1 Å². The van der Waals surface area contributed by atoms with E-state index in [2.05, 4.69) is 0 Å². The molecule has 1 saturated heterocycles. The Morgan fingerprint density at radius 2 is 1.84 bits per heavy atom. The second-order valence-corrected chi connectivity index (χ2v) is 8.42. The van der Waals surface area contributed by atoms with Crippen LogP contribution in [0.1, 0.15) is 25.5 Å². The molecule has 0 bridgehead atoms. The molecule has 1 aromatic rings. The average Bonchev–Trinajstić information content (AvgIpc) is 2.83. The molecule has 0 unspecified atom stereocenters. The van der Waals surface area contributed by atoms with E-state index in [1.807, 2.05) is 6.07 Å². The molecule has 0 radical (unpaired) electrons. The smallest absolute Gasteiger partial charge is 0.412 e. The minimum atomic E-state index is -1.75. The number of rotatable bonds is 3. The van der Waals surface area contributed by atoms with Crippen LogP contribution in [0.4, 0.5) is 4.79 Å². The second-order valence-electron chi connectivity index (χ2n) is 5.90. The van der Waals surface area contributed by atoms with Gasteiger partial charge in [-0.1, -0.05) is 65.1 Å². The number of halogens is 3. The van der Waals surface area contributed by atoms with E-state index >= 15 is 0 Å². The highest BCUT2D eigenvalue weighted by molar-refractivity contribution is 6.67. The van der Waals surface area contributed by atoms with Crippen molar-refractivity contribution in [2.75, 3.05) is 13.7 Å². The first kappa shape index (κ1) is 20.1. The largest absolute Gasteiger partial charge is 0.467 e. The SMILES string of the molecule is COC(=O)[C@@H]1OC(C)(C)N(C(=O)OCC(Cl)(Cl)Cl)[C@H]1c1ccccc1. The molecule has 6 nitrogen and oxygen atoms in total. The summed E-state index contributed by atoms with van der Waals surface area (Å²) < 4.78 is 14.0. The number of esters is 1. The van der Waals surface area contributed by atoms with Crippen molar-refractivity contribution < 1.29 is 23.8 Å². The predicted octanol–water partition coefficient (Wildman–Crippen LogP) is 3.84. The Bertz CT molecular complexity index is 632. The van der Waals surface area contributed by atoms with E-state index in [0.29, 0.717) is 5.56 Å². The summed E-state index contributed by atoms with van der Waals surface area (Å²) in [5.74, 6) is -0.599. The summed E-state index contributed by atoms with van der Waals surface area (Å²) in [7, 11) is 1.25. The third-order valence-electron chi connectivity index (χ3n) is 3.69. The molecular formula is C16H18Cl3NO5. The van der Waals surface area contributed by atoms with Gasteiger partial charge in [-0.2, -0.15) is 0 Å². The van der Waals surface area contributed by atoms with Crippen LogP contribution >= 0.6 is 34.8 Å². The number of methoxy groups -OCH3 is 1. The molecule has 1 amide bonds. The Morgan fingerprint density at radius 3 is 2.36 bits per heavy atom. The topological polar surface area (TPSA) is 65.1 Å². The molecule has 9 heteroatoms. The predicted molar refractivity (Wildman–Crippen MR) is 93.6 cm³/mol. The van der Waals surface area contributed by atoms with Crippen LogP contribution in [0.5, 0.6) is 0 Å². The lowest BCUT2D eigenvalue weighted by Gasteiger charge is -2.33. The van der Waals surface area contributed by atoms with E-state index in [1.165, 1.54) is 12.0 Å². The van der Waals surface area contributed by atoms with Gasteiger partial charge in [0.1, 0.15) is 18.4 Å². The molecule has 1 aliphatic heterocycles. The number of carbonyl (C=O) groups is 2. The Labute approximate surface area is 160 Å². The van der Waals surface area contributed by atoms with Gasteiger partial charge in [0.15, 0.2) is 6.10 Å². The van der Waals surface area contributed by atoms with Crippen LogP contribution < -0.4 is 0 Å². The van der Waals surface area contributed by atoms with Crippen molar-refractivity contribution in [1.29, 1.82) is 0 Å². The molecule has 1 heterocycles. The molecule has 0 N–H and O–H groups in total. The lowest BCUT2D eigenvalue weighted by atomic mass is 10.0. The summed E-state index contributed by atoms with van der Waals surface area (Å²) >= 11 is 16.9. The summed E-state index contributed by atoms with van der Waals surface area (Å²) in [4.78, 5) is 26.1. The highest BCUT2D eigenvalue weighted by Gasteiger charge is 2.54. The third kappa shape index (κ3) is 4.70. The standard InChI is InChI=1S/C16H18Cl3NO5/c1-15(2)20(14(22)24-9-16(17,18)19)11(10-7-5-4-6-8-10)12(25-15)13(21)23-3/h4-8,11-12H,9H2,1-3H3/t11-,12+/m0/s1. The fourth-order valence-electron chi connectivity index (χ4n) is 2.72. The minimum absolute atomic E-state index is 0.437. The molecule has 0 spiro atoms. The molecular weight excluding hydrogens is 393 g/mol. The number of benzene rings is 1. The zero-order chi connectivity index (χ0) is 18.8. The van der Waals surface area contributed by atoms with Gasteiger partial charge in [-0.05, 0) is 19.4 Å². The highest BCUT2D eigenvalue weighted by atomic mass is 35.6. The lowest BCUT2D eigenvalue weighted by molar-refractivity contribution is -0.158. The molecule has 1 aromatic carbocycles. The van der Waals surface area contributed by atoms with Crippen molar-refractivity contribution in [2.24, 2.45) is 0 Å². The number of ether oxygens (including phenoxy) is 3. The zero-order valence-corrected chi connectivity index (χ0v) is 16.1. The molecule has 0 saturated carbocycles. The van der Waals surface area contributed by atoms with Gasteiger partial charge in [-0.25, -0.2) is 9.59 Å². The number of amides is 1. The normalized spacial score (nSPS) is 22.6. The molecule has 0 aliphatic carbocycles. The summed E-state index contributed by atoms with van der Waals surface area (Å²) in [5, 5.41) is 0. The van der Waals surface area contributed by atoms with Crippen LogP contribution in [0.2, 0.25) is 0 Å². The second kappa shape index (κ2) is 7.58. The van der Waals surface area contributed by atoms with Crippen LogP contribution in [0.3, 0.4) is 0 Å². The van der Waals surface area contributed by atoms with Crippen molar-refractivity contribution in [1.82, 2.24) is 4.90 Å². The monoisotopic (exact) mass is 409 g/mol. The van der Waals surface area contributed by atoms with Gasteiger partial charge in [0.25, 0.3) is 0 Å². The first-order valence-electron chi connectivity index (χ1n) is 7.40. The molecule has 1 fully saturated rings. The maximum atomic E-state index is 12.6. The quantitative estimate of drug-likeness (QED) is 0.559. The summed E-state index contributed by atoms with van der Waals surface area (Å²) in [6.45, 7) is 2.85. The number of carbonyl (C=O) groups excluding carboxylic acids is 2. The first-order valence-corrected chi connectivity index (χ1v) is 8.53. The lowest BCUT2D eigenvalue weighted by Crippen LogP contribution is -2.46. The Balaban J connectivity index is 2.38. The van der Waals surface area contributed by atoms with Crippen molar-refractivity contribution in [3.05, 3.63) is 35.9 Å². The van der Waals surface area contributed by atoms with Gasteiger partial charge in [0, 0.05) is 0 Å². The van der Waals surface area contributed by atoms with Crippen molar-refractivity contribution >= 4 is 46.9 Å². The van der Waals surface area contributed by atoms with Crippen LogP contribution in [0, 0.1) is 0 Å².